The highest BCUT2D eigenvalue weighted by atomic mass is 16.5. The molecule has 0 aromatic carbocycles. The molecule has 2 aliphatic rings. The normalized spacial score (nSPS) is 43.9. The van der Waals surface area contributed by atoms with Crippen molar-refractivity contribution in [2.45, 2.75) is 50.9 Å². The first-order valence-corrected chi connectivity index (χ1v) is 5.70. The molecule has 3 nitrogen and oxygen atoms in total. The molecule has 1 aliphatic heterocycles. The van der Waals surface area contributed by atoms with Gasteiger partial charge in [0.05, 0.1) is 18.3 Å². The quantitative estimate of drug-likeness (QED) is 0.712. The summed E-state index contributed by atoms with van der Waals surface area (Å²) in [7, 11) is 0. The van der Waals surface area contributed by atoms with Crippen LogP contribution in [0, 0.1) is 11.8 Å². The molecule has 0 unspecified atom stereocenters. The molecule has 2 rings (SSSR count). The summed E-state index contributed by atoms with van der Waals surface area (Å²) in [5.41, 5.74) is 0. The van der Waals surface area contributed by atoms with Gasteiger partial charge in [0, 0.05) is 12.5 Å². The van der Waals surface area contributed by atoms with Crippen LogP contribution in [-0.2, 0) is 4.74 Å². The minimum atomic E-state index is -0.319. The lowest BCUT2D eigenvalue weighted by atomic mass is 9.97. The van der Waals surface area contributed by atoms with Gasteiger partial charge in [-0.1, -0.05) is 6.92 Å². The highest BCUT2D eigenvalue weighted by Crippen LogP contribution is 2.43. The minimum Gasteiger partial charge on any atom is -0.396 e. The molecular weight excluding hydrogens is 180 g/mol. The summed E-state index contributed by atoms with van der Waals surface area (Å²) in [5.74, 6) is 0.896. The Hall–Kier alpha value is -0.120. The molecular formula is C11H20O3. The van der Waals surface area contributed by atoms with Crippen molar-refractivity contribution < 1.29 is 14.9 Å². The van der Waals surface area contributed by atoms with Gasteiger partial charge in [0.15, 0.2) is 0 Å². The SMILES string of the molecule is CC[C@H](O)[C@@H]1C[C@H]2CC[C@H](CO)[C@H]2O1. The van der Waals surface area contributed by atoms with Crippen molar-refractivity contribution in [2.24, 2.45) is 11.8 Å². The monoisotopic (exact) mass is 200 g/mol. The summed E-state index contributed by atoms with van der Waals surface area (Å²) in [6.45, 7) is 2.21. The van der Waals surface area contributed by atoms with Crippen LogP contribution in [0.1, 0.15) is 32.6 Å². The topological polar surface area (TPSA) is 49.7 Å². The van der Waals surface area contributed by atoms with Crippen molar-refractivity contribution in [1.82, 2.24) is 0 Å². The van der Waals surface area contributed by atoms with Gasteiger partial charge in [-0.25, -0.2) is 0 Å². The number of hydrogen-bond donors (Lipinski definition) is 2. The summed E-state index contributed by atoms with van der Waals surface area (Å²) >= 11 is 0. The maximum absolute atomic E-state index is 9.68. The number of hydrogen-bond acceptors (Lipinski definition) is 3. The molecule has 0 radical (unpaired) electrons. The first-order valence-electron chi connectivity index (χ1n) is 5.70. The highest BCUT2D eigenvalue weighted by molar-refractivity contribution is 4.94. The summed E-state index contributed by atoms with van der Waals surface area (Å²) in [6.07, 6.45) is 3.89. The first kappa shape index (κ1) is 10.4. The van der Waals surface area contributed by atoms with Crippen molar-refractivity contribution in [1.29, 1.82) is 0 Å². The van der Waals surface area contributed by atoms with E-state index in [9.17, 15) is 5.11 Å². The Morgan fingerprint density at radius 1 is 1.43 bits per heavy atom. The van der Waals surface area contributed by atoms with Crippen LogP contribution in [-0.4, -0.2) is 35.1 Å². The van der Waals surface area contributed by atoms with Crippen LogP contribution < -0.4 is 0 Å². The number of aliphatic hydroxyl groups is 2. The van der Waals surface area contributed by atoms with Gasteiger partial charge in [0.2, 0.25) is 0 Å². The Kier molecular flexibility index (Phi) is 3.10. The van der Waals surface area contributed by atoms with E-state index in [1.54, 1.807) is 0 Å². The van der Waals surface area contributed by atoms with Crippen LogP contribution >= 0.6 is 0 Å². The molecule has 1 saturated carbocycles. The highest BCUT2D eigenvalue weighted by Gasteiger charge is 2.45. The third-order valence-electron chi connectivity index (χ3n) is 3.79. The third kappa shape index (κ3) is 1.69. The second kappa shape index (κ2) is 4.17. The lowest BCUT2D eigenvalue weighted by molar-refractivity contribution is -0.0572. The van der Waals surface area contributed by atoms with Crippen molar-refractivity contribution in [3.05, 3.63) is 0 Å². The van der Waals surface area contributed by atoms with E-state index >= 15 is 0 Å². The summed E-state index contributed by atoms with van der Waals surface area (Å²) in [5, 5.41) is 18.8. The third-order valence-corrected chi connectivity index (χ3v) is 3.79. The van der Waals surface area contributed by atoms with Crippen molar-refractivity contribution in [2.75, 3.05) is 6.61 Å². The fraction of sp³-hybridized carbons (Fsp3) is 1.00. The van der Waals surface area contributed by atoms with Crippen molar-refractivity contribution in [3.8, 4) is 0 Å². The average molecular weight is 200 g/mol. The van der Waals surface area contributed by atoms with E-state index in [2.05, 4.69) is 0 Å². The van der Waals surface area contributed by atoms with Gasteiger partial charge in [-0.2, -0.15) is 0 Å². The molecule has 2 N–H and O–H groups in total. The van der Waals surface area contributed by atoms with Gasteiger partial charge in [-0.15, -0.1) is 0 Å². The fourth-order valence-corrected chi connectivity index (χ4v) is 2.88. The first-order chi connectivity index (χ1) is 6.76. The zero-order chi connectivity index (χ0) is 10.1. The van der Waals surface area contributed by atoms with Gasteiger partial charge in [0.1, 0.15) is 0 Å². The summed E-state index contributed by atoms with van der Waals surface area (Å²) in [4.78, 5) is 0. The van der Waals surface area contributed by atoms with Gasteiger partial charge in [-0.05, 0) is 31.6 Å². The Labute approximate surface area is 85.1 Å². The zero-order valence-electron chi connectivity index (χ0n) is 8.72. The van der Waals surface area contributed by atoms with E-state index in [1.165, 1.54) is 0 Å². The number of fused-ring (bicyclic) bond motifs is 1. The summed E-state index contributed by atoms with van der Waals surface area (Å²) in [6, 6.07) is 0. The second-order valence-corrected chi connectivity index (χ2v) is 4.63. The van der Waals surface area contributed by atoms with Crippen LogP contribution in [0.4, 0.5) is 0 Å². The smallest absolute Gasteiger partial charge is 0.0841 e. The van der Waals surface area contributed by atoms with E-state index < -0.39 is 0 Å². The predicted octanol–water partition coefficient (Wildman–Crippen LogP) is 0.933. The summed E-state index contributed by atoms with van der Waals surface area (Å²) < 4.78 is 5.83. The van der Waals surface area contributed by atoms with Gasteiger partial charge >= 0.3 is 0 Å². The molecule has 0 aromatic rings. The van der Waals surface area contributed by atoms with Crippen LogP contribution in [0.2, 0.25) is 0 Å². The molecule has 1 aliphatic carbocycles. The van der Waals surface area contributed by atoms with E-state index in [4.69, 9.17) is 9.84 Å². The predicted molar refractivity (Wildman–Crippen MR) is 52.9 cm³/mol. The molecule has 2 fully saturated rings. The molecule has 82 valence electrons. The number of aliphatic hydroxyl groups excluding tert-OH is 2. The van der Waals surface area contributed by atoms with Gasteiger partial charge < -0.3 is 14.9 Å². The van der Waals surface area contributed by atoms with E-state index in [-0.39, 0.29) is 24.9 Å². The van der Waals surface area contributed by atoms with Crippen LogP contribution in [0.5, 0.6) is 0 Å². The molecule has 14 heavy (non-hydrogen) atoms. The Morgan fingerprint density at radius 3 is 2.86 bits per heavy atom. The molecule has 0 aromatic heterocycles. The molecule has 1 saturated heterocycles. The van der Waals surface area contributed by atoms with Gasteiger partial charge in [-0.3, -0.25) is 0 Å². The largest absolute Gasteiger partial charge is 0.396 e. The maximum atomic E-state index is 9.68. The Balaban J connectivity index is 1.94. The molecule has 1 heterocycles. The van der Waals surface area contributed by atoms with E-state index in [1.807, 2.05) is 6.92 Å². The zero-order valence-corrected chi connectivity index (χ0v) is 8.72. The van der Waals surface area contributed by atoms with Gasteiger partial charge in [0.25, 0.3) is 0 Å². The van der Waals surface area contributed by atoms with Crippen LogP contribution in [0.3, 0.4) is 0 Å². The van der Waals surface area contributed by atoms with E-state index in [0.717, 1.165) is 25.7 Å². The lowest BCUT2D eigenvalue weighted by Crippen LogP contribution is -2.28. The molecule has 3 heteroatoms. The standard InChI is InChI=1S/C11H20O3/c1-2-9(13)10-5-7-3-4-8(6-12)11(7)14-10/h7-13H,2-6H2,1H3/t7-,8-,9+,10+,11+/m1/s1. The van der Waals surface area contributed by atoms with Crippen LogP contribution in [0.25, 0.3) is 0 Å². The number of rotatable bonds is 3. The minimum absolute atomic E-state index is 0.0179. The molecule has 0 bridgehead atoms. The van der Waals surface area contributed by atoms with Crippen LogP contribution in [0.15, 0.2) is 0 Å². The molecule has 0 amide bonds. The Morgan fingerprint density at radius 2 is 2.21 bits per heavy atom. The number of ether oxygens (including phenoxy) is 1. The van der Waals surface area contributed by atoms with Crippen molar-refractivity contribution in [3.63, 3.8) is 0 Å². The average Bonchev–Trinajstić information content (AvgIpc) is 2.74. The molecule has 5 atom stereocenters. The molecule has 0 spiro atoms. The second-order valence-electron chi connectivity index (χ2n) is 4.63. The lowest BCUT2D eigenvalue weighted by Gasteiger charge is -2.20. The van der Waals surface area contributed by atoms with E-state index in [0.29, 0.717) is 11.8 Å². The fourth-order valence-electron chi connectivity index (χ4n) is 2.88. The van der Waals surface area contributed by atoms with Crippen molar-refractivity contribution >= 4 is 0 Å². The Bertz CT molecular complexity index is 195. The maximum Gasteiger partial charge on any atom is 0.0841 e.